The first-order valence-electron chi connectivity index (χ1n) is 11.2. The summed E-state index contributed by atoms with van der Waals surface area (Å²) in [6.07, 6.45) is 20.8. The molecule has 27 heavy (non-hydrogen) atoms. The van der Waals surface area contributed by atoms with E-state index < -0.39 is 12.1 Å². The molecule has 0 aromatic carbocycles. The minimum Gasteiger partial charge on any atom is -0.479 e. The second-order valence-corrected chi connectivity index (χ2v) is 7.44. The normalized spacial score (nSPS) is 12.4. The number of unbranched alkanes of at least 4 members (excludes halogenated alkanes) is 11. The Kier molecular flexibility index (Phi) is 18.5. The van der Waals surface area contributed by atoms with Crippen molar-refractivity contribution < 1.29 is 19.4 Å². The van der Waals surface area contributed by atoms with Crippen molar-refractivity contribution in [3.63, 3.8) is 0 Å². The van der Waals surface area contributed by atoms with E-state index >= 15 is 0 Å². The number of carboxylic acids is 1. The molecule has 0 aliphatic heterocycles. The summed E-state index contributed by atoms with van der Waals surface area (Å²) in [5.41, 5.74) is 0. The second-order valence-electron chi connectivity index (χ2n) is 7.44. The van der Waals surface area contributed by atoms with Crippen molar-refractivity contribution in [2.75, 3.05) is 0 Å². The maximum absolute atomic E-state index is 11.7. The van der Waals surface area contributed by atoms with Gasteiger partial charge in [0.1, 0.15) is 0 Å². The molecule has 0 aromatic heterocycles. The van der Waals surface area contributed by atoms with Gasteiger partial charge >= 0.3 is 11.9 Å². The van der Waals surface area contributed by atoms with Gasteiger partial charge in [0.2, 0.25) is 0 Å². The summed E-state index contributed by atoms with van der Waals surface area (Å²) in [5.74, 6) is -1.43. The van der Waals surface area contributed by atoms with Gasteiger partial charge in [0.15, 0.2) is 6.10 Å². The number of hydrogen-bond acceptors (Lipinski definition) is 3. The Bertz CT molecular complexity index is 390. The fourth-order valence-electron chi connectivity index (χ4n) is 3.05. The van der Waals surface area contributed by atoms with E-state index in [9.17, 15) is 9.59 Å². The number of esters is 1. The van der Waals surface area contributed by atoms with Crippen LogP contribution in [0.25, 0.3) is 0 Å². The molecule has 1 unspecified atom stereocenters. The van der Waals surface area contributed by atoms with Crippen LogP contribution in [-0.2, 0) is 14.3 Å². The lowest BCUT2D eigenvalue weighted by Crippen LogP contribution is -2.26. The van der Waals surface area contributed by atoms with Gasteiger partial charge in [-0.2, -0.15) is 0 Å². The summed E-state index contributed by atoms with van der Waals surface area (Å²) in [4.78, 5) is 22.6. The van der Waals surface area contributed by atoms with Crippen LogP contribution in [0.2, 0.25) is 0 Å². The Balaban J connectivity index is 3.42. The van der Waals surface area contributed by atoms with Crippen molar-refractivity contribution in [2.45, 2.75) is 123 Å². The van der Waals surface area contributed by atoms with Crippen molar-refractivity contribution in [3.05, 3.63) is 12.2 Å². The highest BCUT2D eigenvalue weighted by Gasteiger charge is 2.20. The highest BCUT2D eigenvalue weighted by molar-refractivity contribution is 5.77. The predicted octanol–water partition coefficient (Wildman–Crippen LogP) is 6.82. The van der Waals surface area contributed by atoms with E-state index in [1.165, 1.54) is 57.8 Å². The van der Waals surface area contributed by atoms with Gasteiger partial charge in [-0.15, -0.1) is 0 Å². The van der Waals surface area contributed by atoms with E-state index in [0.29, 0.717) is 19.3 Å². The summed E-state index contributed by atoms with van der Waals surface area (Å²) in [7, 11) is 0. The first-order chi connectivity index (χ1) is 13.1. The second kappa shape index (κ2) is 19.4. The average molecular weight is 383 g/mol. The Morgan fingerprint density at radius 3 is 1.81 bits per heavy atom. The van der Waals surface area contributed by atoms with Crippen LogP contribution in [0, 0.1) is 0 Å². The van der Waals surface area contributed by atoms with E-state index in [4.69, 9.17) is 9.84 Å². The topological polar surface area (TPSA) is 63.6 Å². The third-order valence-electron chi connectivity index (χ3n) is 4.74. The minimum atomic E-state index is -1.05. The molecule has 0 saturated carbocycles. The first-order valence-corrected chi connectivity index (χ1v) is 11.2. The summed E-state index contributed by atoms with van der Waals surface area (Å²) < 4.78 is 5.02. The number of carbonyl (C=O) groups excluding carboxylic acids is 1. The van der Waals surface area contributed by atoms with Crippen LogP contribution < -0.4 is 0 Å². The summed E-state index contributed by atoms with van der Waals surface area (Å²) in [6, 6.07) is 0. The smallest absolute Gasteiger partial charge is 0.345 e. The minimum absolute atomic E-state index is 0.325. The molecule has 0 rings (SSSR count). The van der Waals surface area contributed by atoms with E-state index in [-0.39, 0.29) is 5.97 Å². The maximum Gasteiger partial charge on any atom is 0.345 e. The average Bonchev–Trinajstić information content (AvgIpc) is 2.64. The van der Waals surface area contributed by atoms with Crippen LogP contribution in [0.15, 0.2) is 12.2 Å². The van der Waals surface area contributed by atoms with E-state index in [0.717, 1.165) is 25.7 Å². The van der Waals surface area contributed by atoms with Gasteiger partial charge in [0, 0.05) is 6.42 Å². The molecule has 0 bridgehead atoms. The van der Waals surface area contributed by atoms with Gasteiger partial charge in [0.05, 0.1) is 0 Å². The van der Waals surface area contributed by atoms with Crippen LogP contribution in [-0.4, -0.2) is 23.1 Å². The zero-order chi connectivity index (χ0) is 20.2. The summed E-state index contributed by atoms with van der Waals surface area (Å²) in [5, 5.41) is 8.97. The molecule has 0 aromatic rings. The van der Waals surface area contributed by atoms with Crippen LogP contribution in [0.5, 0.6) is 0 Å². The van der Waals surface area contributed by atoms with Gasteiger partial charge in [-0.25, -0.2) is 4.79 Å². The molecule has 0 aliphatic rings. The molecule has 1 atom stereocenters. The molecule has 0 saturated heterocycles. The largest absolute Gasteiger partial charge is 0.479 e. The third-order valence-corrected chi connectivity index (χ3v) is 4.74. The lowest BCUT2D eigenvalue weighted by atomic mass is 10.1. The fraction of sp³-hybridized carbons (Fsp3) is 0.826. The van der Waals surface area contributed by atoms with Gasteiger partial charge in [-0.05, 0) is 38.5 Å². The number of ether oxygens (including phenoxy) is 1. The number of allylic oxidation sites excluding steroid dienone is 2. The Morgan fingerprint density at radius 2 is 1.30 bits per heavy atom. The molecule has 4 heteroatoms. The zero-order valence-corrected chi connectivity index (χ0v) is 17.7. The van der Waals surface area contributed by atoms with E-state index in [1.807, 2.05) is 6.92 Å². The molecule has 0 aliphatic carbocycles. The van der Waals surface area contributed by atoms with Gasteiger partial charge < -0.3 is 9.84 Å². The fourth-order valence-corrected chi connectivity index (χ4v) is 3.05. The molecular formula is C23H42O4. The highest BCUT2D eigenvalue weighted by atomic mass is 16.6. The van der Waals surface area contributed by atoms with Crippen LogP contribution in [0.1, 0.15) is 117 Å². The molecule has 4 nitrogen and oxygen atoms in total. The van der Waals surface area contributed by atoms with E-state index in [1.54, 1.807) is 0 Å². The highest BCUT2D eigenvalue weighted by Crippen LogP contribution is 2.11. The van der Waals surface area contributed by atoms with Crippen molar-refractivity contribution >= 4 is 11.9 Å². The Morgan fingerprint density at radius 1 is 0.778 bits per heavy atom. The monoisotopic (exact) mass is 382 g/mol. The maximum atomic E-state index is 11.7. The van der Waals surface area contributed by atoms with Crippen LogP contribution >= 0.6 is 0 Å². The van der Waals surface area contributed by atoms with Crippen molar-refractivity contribution in [2.24, 2.45) is 0 Å². The van der Waals surface area contributed by atoms with Crippen molar-refractivity contribution in [1.82, 2.24) is 0 Å². The number of rotatable bonds is 19. The number of carbonyl (C=O) groups is 2. The lowest BCUT2D eigenvalue weighted by molar-refractivity contribution is -0.164. The van der Waals surface area contributed by atoms with Crippen LogP contribution in [0.4, 0.5) is 0 Å². The number of aliphatic carboxylic acids is 1. The SMILES string of the molecule is CCCCCCCCC=CCCCCCCCC(=O)OC(CCC)C(=O)O. The van der Waals surface area contributed by atoms with Crippen molar-refractivity contribution in [3.8, 4) is 0 Å². The Hall–Kier alpha value is -1.32. The van der Waals surface area contributed by atoms with E-state index in [2.05, 4.69) is 19.1 Å². The standard InChI is InChI=1S/C23H42O4/c1-3-5-6-7-8-9-10-11-12-13-14-15-16-17-18-20-22(24)27-21(19-4-2)23(25)26/h11-12,21H,3-10,13-20H2,1-2H3,(H,25,26). The third kappa shape index (κ3) is 17.8. The molecule has 0 fully saturated rings. The van der Waals surface area contributed by atoms with Gasteiger partial charge in [0.25, 0.3) is 0 Å². The zero-order valence-electron chi connectivity index (χ0n) is 17.7. The first kappa shape index (κ1) is 25.7. The number of hydrogen-bond donors (Lipinski definition) is 1. The molecule has 1 N–H and O–H groups in total. The molecule has 0 spiro atoms. The van der Waals surface area contributed by atoms with Gasteiger partial charge in [-0.3, -0.25) is 4.79 Å². The predicted molar refractivity (Wildman–Crippen MR) is 112 cm³/mol. The Labute approximate surface area is 166 Å². The number of carboxylic acid groups (broad SMARTS) is 1. The molecule has 158 valence electrons. The lowest BCUT2D eigenvalue weighted by Gasteiger charge is -2.12. The molecule has 0 heterocycles. The quantitative estimate of drug-likeness (QED) is 0.151. The molecule has 0 radical (unpaired) electrons. The van der Waals surface area contributed by atoms with Gasteiger partial charge in [-0.1, -0.05) is 83.8 Å². The van der Waals surface area contributed by atoms with Crippen molar-refractivity contribution in [1.29, 1.82) is 0 Å². The molecule has 0 amide bonds. The summed E-state index contributed by atoms with van der Waals surface area (Å²) in [6.45, 7) is 4.13. The molecular weight excluding hydrogens is 340 g/mol. The van der Waals surface area contributed by atoms with Crippen LogP contribution in [0.3, 0.4) is 0 Å². The summed E-state index contributed by atoms with van der Waals surface area (Å²) >= 11 is 0.